The fraction of sp³-hybridized carbons (Fsp3) is 0.250. The summed E-state index contributed by atoms with van der Waals surface area (Å²) in [6.07, 6.45) is 0. The molecule has 0 aliphatic carbocycles. The second kappa shape index (κ2) is 3.55. The maximum Gasteiger partial charge on any atom is 0.273 e. The highest BCUT2D eigenvalue weighted by atomic mass is 32.1. The normalized spacial score (nSPS) is 10.4. The van der Waals surface area contributed by atoms with Crippen molar-refractivity contribution in [2.24, 2.45) is 0 Å². The van der Waals surface area contributed by atoms with Crippen LogP contribution in [0.4, 0.5) is 5.13 Å². The molecule has 2 N–H and O–H groups in total. The molecule has 0 spiro atoms. The molecule has 0 unspecified atom stereocenters. The quantitative estimate of drug-likeness (QED) is 0.854. The number of nitrogens with zero attached hydrogens (tertiary/aromatic N) is 2. The Morgan fingerprint density at radius 2 is 2.21 bits per heavy atom. The standard InChI is InChI=1S/C8H9N3OS2/c1-4-6(14-8(10-4)12-2)5-3-13-7(9)11-5/h3H,1-2H3,(H2,9,11). The molecule has 0 amide bonds. The minimum absolute atomic E-state index is 0.576. The molecule has 0 aliphatic heterocycles. The van der Waals surface area contributed by atoms with Crippen molar-refractivity contribution in [3.63, 3.8) is 0 Å². The molecule has 0 aliphatic rings. The van der Waals surface area contributed by atoms with Gasteiger partial charge in [0.25, 0.3) is 5.19 Å². The summed E-state index contributed by atoms with van der Waals surface area (Å²) in [6, 6.07) is 0. The van der Waals surface area contributed by atoms with Crippen LogP contribution < -0.4 is 10.5 Å². The molecule has 0 saturated carbocycles. The van der Waals surface area contributed by atoms with E-state index in [9.17, 15) is 0 Å². The molecular weight excluding hydrogens is 218 g/mol. The van der Waals surface area contributed by atoms with E-state index in [1.165, 1.54) is 22.7 Å². The molecular formula is C8H9N3OS2. The van der Waals surface area contributed by atoms with Gasteiger partial charge in [-0.2, -0.15) is 0 Å². The average Bonchev–Trinajstić information content (AvgIpc) is 2.71. The number of hydrogen-bond donors (Lipinski definition) is 1. The summed E-state index contributed by atoms with van der Waals surface area (Å²) in [5.74, 6) is 0. The summed E-state index contributed by atoms with van der Waals surface area (Å²) in [5, 5.41) is 3.16. The number of aromatic nitrogens is 2. The van der Waals surface area contributed by atoms with Crippen LogP contribution in [0.3, 0.4) is 0 Å². The van der Waals surface area contributed by atoms with Crippen molar-refractivity contribution in [2.75, 3.05) is 12.8 Å². The lowest BCUT2D eigenvalue weighted by atomic mass is 10.3. The molecule has 0 radical (unpaired) electrons. The fourth-order valence-corrected chi connectivity index (χ4v) is 2.56. The summed E-state index contributed by atoms with van der Waals surface area (Å²) in [6.45, 7) is 1.93. The first-order valence-electron chi connectivity index (χ1n) is 3.93. The largest absolute Gasteiger partial charge is 0.473 e. The highest BCUT2D eigenvalue weighted by Crippen LogP contribution is 2.34. The van der Waals surface area contributed by atoms with Crippen LogP contribution >= 0.6 is 22.7 Å². The van der Waals surface area contributed by atoms with Crippen molar-refractivity contribution in [2.45, 2.75) is 6.92 Å². The Bertz CT molecular complexity index is 449. The maximum atomic E-state index is 5.57. The SMILES string of the molecule is COc1nc(C)c(-c2csc(N)n2)s1. The van der Waals surface area contributed by atoms with Gasteiger partial charge in [0.05, 0.1) is 23.4 Å². The van der Waals surface area contributed by atoms with Gasteiger partial charge in [-0.05, 0) is 6.92 Å². The van der Waals surface area contributed by atoms with Gasteiger partial charge in [0.15, 0.2) is 5.13 Å². The van der Waals surface area contributed by atoms with E-state index in [2.05, 4.69) is 9.97 Å². The number of nitrogen functional groups attached to an aromatic ring is 1. The van der Waals surface area contributed by atoms with E-state index in [0.717, 1.165) is 16.3 Å². The van der Waals surface area contributed by atoms with Gasteiger partial charge >= 0.3 is 0 Å². The molecule has 0 fully saturated rings. The third-order valence-corrected chi connectivity index (χ3v) is 3.52. The van der Waals surface area contributed by atoms with Crippen molar-refractivity contribution in [3.05, 3.63) is 11.1 Å². The van der Waals surface area contributed by atoms with Crippen LogP contribution in [0.1, 0.15) is 5.69 Å². The number of methoxy groups -OCH3 is 1. The maximum absolute atomic E-state index is 5.57. The van der Waals surface area contributed by atoms with Crippen LogP contribution in [0.25, 0.3) is 10.6 Å². The zero-order valence-electron chi connectivity index (χ0n) is 7.77. The van der Waals surface area contributed by atoms with Crippen LogP contribution in [0.15, 0.2) is 5.38 Å². The molecule has 6 heteroatoms. The molecule has 2 heterocycles. The first kappa shape index (κ1) is 9.42. The zero-order chi connectivity index (χ0) is 10.1. The monoisotopic (exact) mass is 227 g/mol. The van der Waals surface area contributed by atoms with Crippen LogP contribution in [0.5, 0.6) is 5.19 Å². The van der Waals surface area contributed by atoms with E-state index in [-0.39, 0.29) is 0 Å². The lowest BCUT2D eigenvalue weighted by Gasteiger charge is -1.89. The van der Waals surface area contributed by atoms with E-state index in [4.69, 9.17) is 10.5 Å². The van der Waals surface area contributed by atoms with Crippen LogP contribution in [-0.4, -0.2) is 17.1 Å². The van der Waals surface area contributed by atoms with E-state index in [1.807, 2.05) is 12.3 Å². The Morgan fingerprint density at radius 3 is 2.71 bits per heavy atom. The summed E-state index contributed by atoms with van der Waals surface area (Å²) >= 11 is 2.91. The third-order valence-electron chi connectivity index (χ3n) is 1.71. The molecule has 0 bridgehead atoms. The van der Waals surface area contributed by atoms with Crippen LogP contribution in [0, 0.1) is 6.92 Å². The number of aryl methyl sites for hydroxylation is 1. The molecule has 0 aromatic carbocycles. The topological polar surface area (TPSA) is 61.0 Å². The third kappa shape index (κ3) is 1.58. The Kier molecular flexibility index (Phi) is 2.39. The van der Waals surface area contributed by atoms with Gasteiger partial charge < -0.3 is 10.5 Å². The van der Waals surface area contributed by atoms with Crippen molar-refractivity contribution in [3.8, 4) is 15.8 Å². The van der Waals surface area contributed by atoms with Crippen molar-refractivity contribution >= 4 is 27.8 Å². The summed E-state index contributed by atoms with van der Waals surface area (Å²) in [5.41, 5.74) is 7.37. The van der Waals surface area contributed by atoms with Crippen molar-refractivity contribution in [1.29, 1.82) is 0 Å². The van der Waals surface area contributed by atoms with Crippen molar-refractivity contribution < 1.29 is 4.74 Å². The Balaban J connectivity index is 2.45. The van der Waals surface area contributed by atoms with Gasteiger partial charge in [-0.1, -0.05) is 11.3 Å². The summed E-state index contributed by atoms with van der Waals surface area (Å²) in [4.78, 5) is 9.46. The van der Waals surface area contributed by atoms with Crippen LogP contribution in [-0.2, 0) is 0 Å². The highest BCUT2D eigenvalue weighted by molar-refractivity contribution is 7.18. The molecule has 0 atom stereocenters. The average molecular weight is 227 g/mol. The first-order chi connectivity index (χ1) is 6.70. The molecule has 2 aromatic heterocycles. The molecule has 2 aromatic rings. The molecule has 4 nitrogen and oxygen atoms in total. The predicted octanol–water partition coefficient (Wildman–Crippen LogP) is 2.17. The summed E-state index contributed by atoms with van der Waals surface area (Å²) in [7, 11) is 1.61. The Labute approximate surface area is 89.4 Å². The Morgan fingerprint density at radius 1 is 1.43 bits per heavy atom. The minimum atomic E-state index is 0.576. The number of thiazole rings is 2. The van der Waals surface area contributed by atoms with E-state index in [0.29, 0.717) is 10.3 Å². The van der Waals surface area contributed by atoms with Crippen LogP contribution in [0.2, 0.25) is 0 Å². The second-order valence-corrected chi connectivity index (χ2v) is 4.52. The van der Waals surface area contributed by atoms with E-state index >= 15 is 0 Å². The van der Waals surface area contributed by atoms with Gasteiger partial charge in [-0.3, -0.25) is 0 Å². The molecule has 74 valence electrons. The van der Waals surface area contributed by atoms with Gasteiger partial charge in [-0.25, -0.2) is 9.97 Å². The van der Waals surface area contributed by atoms with Gasteiger partial charge in [0.1, 0.15) is 0 Å². The minimum Gasteiger partial charge on any atom is -0.473 e. The number of ether oxygens (including phenoxy) is 1. The highest BCUT2D eigenvalue weighted by Gasteiger charge is 2.12. The van der Waals surface area contributed by atoms with Crippen molar-refractivity contribution in [1.82, 2.24) is 9.97 Å². The number of anilines is 1. The van der Waals surface area contributed by atoms with E-state index < -0.39 is 0 Å². The smallest absolute Gasteiger partial charge is 0.273 e. The van der Waals surface area contributed by atoms with Gasteiger partial charge in [-0.15, -0.1) is 11.3 Å². The molecule has 2 rings (SSSR count). The molecule has 0 saturated heterocycles. The van der Waals surface area contributed by atoms with Gasteiger partial charge in [0.2, 0.25) is 0 Å². The second-order valence-electron chi connectivity index (χ2n) is 2.67. The lowest BCUT2D eigenvalue weighted by Crippen LogP contribution is -1.82. The number of rotatable bonds is 2. The summed E-state index contributed by atoms with van der Waals surface area (Å²) < 4.78 is 5.06. The number of nitrogens with two attached hydrogens (primary N) is 1. The number of hydrogen-bond acceptors (Lipinski definition) is 6. The Hall–Kier alpha value is -1.14. The molecule has 14 heavy (non-hydrogen) atoms. The lowest BCUT2D eigenvalue weighted by molar-refractivity contribution is 0.411. The fourth-order valence-electron chi connectivity index (χ4n) is 1.09. The first-order valence-corrected chi connectivity index (χ1v) is 5.63. The zero-order valence-corrected chi connectivity index (χ0v) is 9.41. The van der Waals surface area contributed by atoms with Gasteiger partial charge in [0, 0.05) is 5.38 Å². The predicted molar refractivity (Wildman–Crippen MR) is 58.9 cm³/mol. The van der Waals surface area contributed by atoms with E-state index in [1.54, 1.807) is 7.11 Å².